The van der Waals surface area contributed by atoms with Crippen molar-refractivity contribution >= 4 is 86.5 Å². The minimum Gasteiger partial charge on any atom is -0.364 e. The van der Waals surface area contributed by atoms with E-state index in [0.29, 0.717) is 16.5 Å². The van der Waals surface area contributed by atoms with E-state index in [-0.39, 0.29) is 12.3 Å². The van der Waals surface area contributed by atoms with Crippen molar-refractivity contribution in [2.45, 2.75) is 32.0 Å². The van der Waals surface area contributed by atoms with Gasteiger partial charge in [-0.05, 0) is 6.92 Å². The Morgan fingerprint density at radius 3 is 2.54 bits per heavy atom. The summed E-state index contributed by atoms with van der Waals surface area (Å²) in [7, 11) is 18.8. The molecule has 0 aliphatic carbocycles. The second-order valence-electron chi connectivity index (χ2n) is 7.59. The number of nitrogens with two attached hydrogens (primary N) is 1. The zero-order valence-corrected chi connectivity index (χ0v) is 30.5. The van der Waals surface area contributed by atoms with Crippen LogP contribution in [0.5, 0.6) is 0 Å². The minimum atomic E-state index is -1.06. The van der Waals surface area contributed by atoms with Gasteiger partial charge in [-0.25, -0.2) is 0 Å². The molecule has 5 atom stereocenters. The second-order valence-corrected chi connectivity index (χ2v) is 27.2. The molecule has 1 rings (SSSR count). The van der Waals surface area contributed by atoms with Crippen LogP contribution in [0.2, 0.25) is 0 Å². The first kappa shape index (κ1) is 36.8. The summed E-state index contributed by atoms with van der Waals surface area (Å²) in [5, 5.41) is 17.1. The summed E-state index contributed by atoms with van der Waals surface area (Å²) in [5.74, 6) is 0. The van der Waals surface area contributed by atoms with Gasteiger partial charge in [-0.3, -0.25) is 4.99 Å². The first-order valence-electron chi connectivity index (χ1n) is 11.2. The van der Waals surface area contributed by atoms with E-state index in [9.17, 15) is 5.11 Å². The summed E-state index contributed by atoms with van der Waals surface area (Å²) in [6, 6.07) is 0. The van der Waals surface area contributed by atoms with Crippen LogP contribution in [0.1, 0.15) is 13.3 Å². The number of aliphatic hydroxyl groups excluding tert-OH is 1. The van der Waals surface area contributed by atoms with Crippen molar-refractivity contribution in [2.24, 2.45) is 10.7 Å². The Morgan fingerprint density at radius 2 is 1.95 bits per heavy atom. The van der Waals surface area contributed by atoms with Crippen molar-refractivity contribution in [2.75, 3.05) is 53.5 Å². The van der Waals surface area contributed by atoms with E-state index in [1.54, 1.807) is 7.05 Å². The van der Waals surface area contributed by atoms with Crippen molar-refractivity contribution in [3.63, 3.8) is 0 Å². The molecule has 37 heavy (non-hydrogen) atoms. The monoisotopic (exact) mass is 696 g/mol. The number of hydrogen-bond donors (Lipinski definition) is 4. The molecule has 0 amide bonds. The molecule has 2 unspecified atom stereocenters. The van der Waals surface area contributed by atoms with Crippen LogP contribution in [0.15, 0.2) is 28.8 Å². The number of hydrogen-bond acceptors (Lipinski definition) is 9. The van der Waals surface area contributed by atoms with E-state index >= 15 is 0 Å². The summed E-state index contributed by atoms with van der Waals surface area (Å²) in [6.07, 6.45) is -0.805. The average Bonchev–Trinajstić information content (AvgIpc) is 2.87. The van der Waals surface area contributed by atoms with Crippen LogP contribution >= 0.6 is 81.3 Å². The van der Waals surface area contributed by atoms with Crippen LogP contribution in [0.3, 0.4) is 0 Å². The number of thioether (sulfide) groups is 1. The summed E-state index contributed by atoms with van der Waals surface area (Å²) in [5.41, 5.74) is 7.06. The Balaban J connectivity index is 2.49. The van der Waals surface area contributed by atoms with E-state index in [1.165, 1.54) is 64.2 Å². The second kappa shape index (κ2) is 22.4. The molecular weight excluding hydrogens is 659 g/mol. The first-order valence-corrected chi connectivity index (χ1v) is 25.6. The van der Waals surface area contributed by atoms with Crippen molar-refractivity contribution in [1.82, 2.24) is 20.4 Å². The van der Waals surface area contributed by atoms with Crippen LogP contribution < -0.4 is 16.4 Å². The summed E-state index contributed by atoms with van der Waals surface area (Å²) >= 11 is 1.23. The molecular formula is C18H37N6O3P9S. The predicted octanol–water partition coefficient (Wildman–Crippen LogP) is 7.21. The smallest absolute Gasteiger partial charge is 0.364 e. The van der Waals surface area contributed by atoms with Crippen molar-refractivity contribution in [3.8, 4) is 0 Å². The molecule has 0 saturated carbocycles. The zero-order valence-electron chi connectivity index (χ0n) is 21.3. The molecule has 5 N–H and O–H groups in total. The standard InChI is InChI=1S/C18H37N6O3P9S/c1-13(12-16(21-15(3)19)22-18(20-4)37-14(2)17(25)26-5)24-8-6-23(7-9-24)10-11-27-36(29)35-34-33-32-31-30-28/h15-17,21,25H,1-2,6-12,19,28H2,3-5H3,(H,20,22)/t15-,16+,17-/m1/s1. The molecule has 0 radical (unpaired) electrons. The van der Waals surface area contributed by atoms with Crippen LogP contribution in [0.25, 0.3) is 0 Å². The molecule has 1 aliphatic rings. The molecule has 0 spiro atoms. The molecule has 0 aromatic heterocycles. The van der Waals surface area contributed by atoms with E-state index in [1.807, 2.05) is 6.92 Å². The van der Waals surface area contributed by atoms with Crippen molar-refractivity contribution in [1.29, 1.82) is 0 Å². The van der Waals surface area contributed by atoms with Gasteiger partial charge in [0.2, 0.25) is 0 Å². The quantitative estimate of drug-likeness (QED) is 0.0649. The molecule has 1 aliphatic heterocycles. The number of aliphatic imine (C=N–C) groups is 1. The van der Waals surface area contributed by atoms with Gasteiger partial charge in [0.05, 0.1) is 6.17 Å². The number of methoxy groups -OCH3 is 1. The molecule has 9 nitrogen and oxygen atoms in total. The van der Waals surface area contributed by atoms with Gasteiger partial charge in [0.25, 0.3) is 0 Å². The SMILES string of the molecule is C=C(SC(=NC)N[C@@H](CC(=C)N1CCN(CCOP(#P)P=PP=PP=PP)CC1)N[C@H](C)N)[C@H](O)OC. The third kappa shape index (κ3) is 17.4. The number of piperazine rings is 1. The van der Waals surface area contributed by atoms with Gasteiger partial charge >= 0.3 is 159 Å². The van der Waals surface area contributed by atoms with Gasteiger partial charge in [0, 0.05) is 19.1 Å². The van der Waals surface area contributed by atoms with Crippen molar-refractivity contribution in [3.05, 3.63) is 23.8 Å². The average molecular weight is 696 g/mol. The molecule has 19 heteroatoms. The number of amidine groups is 1. The number of aliphatic hydroxyl groups is 1. The molecule has 1 heterocycles. The van der Waals surface area contributed by atoms with E-state index in [2.05, 4.69) is 55.9 Å². The van der Waals surface area contributed by atoms with Crippen LogP contribution in [-0.4, -0.2) is 92.2 Å². The van der Waals surface area contributed by atoms with E-state index in [4.69, 9.17) is 15.0 Å². The van der Waals surface area contributed by atoms with Gasteiger partial charge in [-0.2, -0.15) is 0 Å². The maximum absolute atomic E-state index is 9.83. The summed E-state index contributed by atoms with van der Waals surface area (Å²) < 4.78 is 10.9. The van der Waals surface area contributed by atoms with E-state index < -0.39 is 13.2 Å². The Hall–Kier alpha value is 1.82. The first-order chi connectivity index (χ1) is 17.7. The number of nitrogens with zero attached hydrogens (tertiary/aromatic N) is 3. The topological polar surface area (TPSA) is 108 Å². The fourth-order valence-corrected chi connectivity index (χ4v) is 29.5. The molecule has 0 bridgehead atoms. The Kier molecular flexibility index (Phi) is 22.3. The third-order valence-corrected chi connectivity index (χ3v) is 28.0. The third-order valence-electron chi connectivity index (χ3n) is 4.85. The van der Waals surface area contributed by atoms with Gasteiger partial charge in [-0.15, -0.1) is 0 Å². The predicted molar refractivity (Wildman–Crippen MR) is 180 cm³/mol. The van der Waals surface area contributed by atoms with Crippen LogP contribution in [0.4, 0.5) is 0 Å². The Morgan fingerprint density at radius 1 is 1.27 bits per heavy atom. The molecule has 1 saturated heterocycles. The molecule has 1 fully saturated rings. The minimum absolute atomic E-state index is 0.176. The summed E-state index contributed by atoms with van der Waals surface area (Å²) in [6.45, 7) is 14.8. The van der Waals surface area contributed by atoms with E-state index in [0.717, 1.165) is 45.0 Å². The Bertz CT molecular complexity index is 907. The summed E-state index contributed by atoms with van der Waals surface area (Å²) in [4.78, 5) is 9.49. The van der Waals surface area contributed by atoms with Crippen molar-refractivity contribution < 1.29 is 14.4 Å². The van der Waals surface area contributed by atoms with Gasteiger partial charge in [-0.1, -0.05) is 18.3 Å². The number of rotatable bonds is 14. The fourth-order valence-electron chi connectivity index (χ4n) is 3.10. The van der Waals surface area contributed by atoms with Crippen LogP contribution in [0, 0.1) is 0 Å². The normalized spacial score (nSPS) is 18.5. The Labute approximate surface area is 240 Å². The number of ether oxygens (including phenoxy) is 1. The molecule has 208 valence electrons. The zero-order chi connectivity index (χ0) is 27.6. The molecule has 0 aromatic rings. The number of nitrogens with one attached hydrogen (secondary N) is 2. The van der Waals surface area contributed by atoms with Gasteiger partial charge in [0.15, 0.2) is 11.5 Å². The maximum atomic E-state index is 9.83. The molecule has 0 aromatic carbocycles. The van der Waals surface area contributed by atoms with Crippen LogP contribution in [-0.2, 0) is 9.26 Å². The fraction of sp³-hybridized carbons (Fsp3) is 0.722. The van der Waals surface area contributed by atoms with Gasteiger partial charge < -0.3 is 15.6 Å². The van der Waals surface area contributed by atoms with Gasteiger partial charge in [0.1, 0.15) is 0 Å².